The lowest BCUT2D eigenvalue weighted by Crippen LogP contribution is -2.48. The number of aliphatic hydroxyl groups excluding tert-OH is 1. The van der Waals surface area contributed by atoms with Crippen molar-refractivity contribution in [1.29, 1.82) is 0 Å². The molecular weight excluding hydrogens is 570 g/mol. The third-order valence-electron chi connectivity index (χ3n) is 8.07. The summed E-state index contributed by atoms with van der Waals surface area (Å²) in [5, 5.41) is 14.7. The Morgan fingerprint density at radius 1 is 0.867 bits per heavy atom. The molecule has 8 heteroatoms. The normalized spacial score (nSPS) is 14.6. The number of benzene rings is 2. The molecule has 0 saturated heterocycles. The lowest BCUT2D eigenvalue weighted by molar-refractivity contribution is 0.0174. The van der Waals surface area contributed by atoms with E-state index in [1.807, 2.05) is 63.2 Å². The van der Waals surface area contributed by atoms with E-state index in [-0.39, 0.29) is 11.8 Å². The predicted molar refractivity (Wildman–Crippen MR) is 180 cm³/mol. The zero-order valence-electron chi connectivity index (χ0n) is 29.1. The number of hydrogen-bond donors (Lipinski definition) is 2. The van der Waals surface area contributed by atoms with Gasteiger partial charge in [0.2, 0.25) is 0 Å². The quantitative estimate of drug-likeness (QED) is 0.147. The van der Waals surface area contributed by atoms with Gasteiger partial charge in [-0.3, -0.25) is 0 Å². The Hall–Kier alpha value is -2.81. The van der Waals surface area contributed by atoms with Crippen molar-refractivity contribution in [2.45, 2.75) is 98.5 Å². The number of hydrogen-bond acceptors (Lipinski definition) is 7. The van der Waals surface area contributed by atoms with Crippen LogP contribution in [-0.4, -0.2) is 63.0 Å². The van der Waals surface area contributed by atoms with Crippen LogP contribution in [0.3, 0.4) is 0 Å². The van der Waals surface area contributed by atoms with Crippen molar-refractivity contribution in [2.24, 2.45) is 23.7 Å². The maximum absolute atomic E-state index is 13.0. The third-order valence-corrected chi connectivity index (χ3v) is 8.07. The molecule has 2 rings (SSSR count). The number of carbonyl (C=O) groups is 1. The molecule has 0 aliphatic heterocycles. The second-order valence-electron chi connectivity index (χ2n) is 13.7. The van der Waals surface area contributed by atoms with E-state index < -0.39 is 23.8 Å². The Kier molecular flexibility index (Phi) is 16.8. The maximum atomic E-state index is 13.0. The fourth-order valence-electron chi connectivity index (χ4n) is 5.25. The topological polar surface area (TPSA) is 95.5 Å². The van der Waals surface area contributed by atoms with Crippen molar-refractivity contribution >= 4 is 6.09 Å². The fourth-order valence-corrected chi connectivity index (χ4v) is 5.25. The van der Waals surface area contributed by atoms with Crippen LogP contribution in [0.25, 0.3) is 0 Å². The van der Waals surface area contributed by atoms with Crippen LogP contribution >= 0.6 is 0 Å². The molecule has 45 heavy (non-hydrogen) atoms. The number of rotatable bonds is 20. The Bertz CT molecular complexity index is 1100. The van der Waals surface area contributed by atoms with Gasteiger partial charge in [-0.25, -0.2) is 4.79 Å². The molecule has 2 N–H and O–H groups in total. The molecule has 0 aliphatic rings. The van der Waals surface area contributed by atoms with E-state index >= 15 is 0 Å². The number of methoxy groups -OCH3 is 2. The minimum atomic E-state index is -0.776. The molecule has 4 atom stereocenters. The first-order valence-corrected chi connectivity index (χ1v) is 16.4. The van der Waals surface area contributed by atoms with Gasteiger partial charge in [0.15, 0.2) is 11.5 Å². The van der Waals surface area contributed by atoms with Gasteiger partial charge in [-0.1, -0.05) is 64.1 Å². The number of ether oxygens (including phenoxy) is 5. The Balaban J connectivity index is 2.21. The number of amides is 1. The highest BCUT2D eigenvalue weighted by molar-refractivity contribution is 5.68. The second kappa shape index (κ2) is 19.6. The van der Waals surface area contributed by atoms with Gasteiger partial charge in [0, 0.05) is 20.1 Å². The van der Waals surface area contributed by atoms with Crippen molar-refractivity contribution in [1.82, 2.24) is 5.32 Å². The van der Waals surface area contributed by atoms with Crippen LogP contribution in [0.1, 0.15) is 78.9 Å². The van der Waals surface area contributed by atoms with Gasteiger partial charge in [-0.05, 0) is 87.0 Å². The van der Waals surface area contributed by atoms with Gasteiger partial charge < -0.3 is 34.1 Å². The molecule has 254 valence electrons. The zero-order chi connectivity index (χ0) is 33.4. The van der Waals surface area contributed by atoms with E-state index in [4.69, 9.17) is 23.7 Å². The number of nitrogens with one attached hydrogen (secondary N) is 1. The highest BCUT2D eigenvalue weighted by atomic mass is 16.6. The van der Waals surface area contributed by atoms with Crippen molar-refractivity contribution in [3.63, 3.8) is 0 Å². The van der Waals surface area contributed by atoms with E-state index in [1.165, 1.54) is 0 Å². The predicted octanol–water partition coefficient (Wildman–Crippen LogP) is 7.45. The molecule has 2 aromatic rings. The summed E-state index contributed by atoms with van der Waals surface area (Å²) in [5.41, 5.74) is 1.58. The molecule has 0 bridgehead atoms. The molecule has 1 amide bonds. The Morgan fingerprint density at radius 3 is 2.16 bits per heavy atom. The van der Waals surface area contributed by atoms with E-state index in [0.717, 1.165) is 24.0 Å². The lowest BCUT2D eigenvalue weighted by atomic mass is 9.81. The van der Waals surface area contributed by atoms with Crippen LogP contribution in [0.5, 0.6) is 11.5 Å². The first-order chi connectivity index (χ1) is 21.3. The summed E-state index contributed by atoms with van der Waals surface area (Å²) in [5.74, 6) is 2.26. The van der Waals surface area contributed by atoms with Crippen LogP contribution in [0.15, 0.2) is 48.5 Å². The zero-order valence-corrected chi connectivity index (χ0v) is 29.1. The van der Waals surface area contributed by atoms with Crippen LogP contribution in [-0.2, 0) is 27.2 Å². The van der Waals surface area contributed by atoms with E-state index in [0.29, 0.717) is 62.6 Å². The standard InChI is InChI=1S/C37H59NO7/c1-26(2)30(20-29-16-17-34(42-9)35(21-29)44-19-13-18-41-8)22-32(38-36(40)45-37(5,6)7)33(39)23-31(27(3)4)25-43-24-28-14-11-10-12-15-28/h10-12,14-17,21,26-27,30-33,39H,13,18-20,22-25H2,1-9H3,(H,38,40)/t30-,31+,32-,33+/m0/s1. The largest absolute Gasteiger partial charge is 0.493 e. The molecule has 0 unspecified atom stereocenters. The molecule has 0 heterocycles. The van der Waals surface area contributed by atoms with Gasteiger partial charge >= 0.3 is 6.09 Å². The first-order valence-electron chi connectivity index (χ1n) is 16.4. The van der Waals surface area contributed by atoms with E-state index in [2.05, 4.69) is 39.1 Å². The molecule has 0 spiro atoms. The summed E-state index contributed by atoms with van der Waals surface area (Å²) in [6.45, 7) is 16.4. The molecular formula is C37H59NO7. The SMILES string of the molecule is COCCCOc1cc(C[C@@H](C[C@H](NC(=O)OC(C)(C)C)[C@H](O)C[C@H](COCc2ccccc2)C(C)C)C(C)C)ccc1OC. The van der Waals surface area contributed by atoms with Crippen LogP contribution < -0.4 is 14.8 Å². The second-order valence-corrected chi connectivity index (χ2v) is 13.7. The fraction of sp³-hybridized carbons (Fsp3) is 0.649. The van der Waals surface area contributed by atoms with Crippen molar-refractivity contribution in [3.8, 4) is 11.5 Å². The number of alkyl carbamates (subject to hydrolysis) is 1. The molecule has 0 aromatic heterocycles. The van der Waals surface area contributed by atoms with Crippen molar-refractivity contribution in [3.05, 3.63) is 59.7 Å². The smallest absolute Gasteiger partial charge is 0.407 e. The average molecular weight is 630 g/mol. The molecule has 0 saturated carbocycles. The summed E-state index contributed by atoms with van der Waals surface area (Å²) in [4.78, 5) is 13.0. The van der Waals surface area contributed by atoms with Gasteiger partial charge in [-0.15, -0.1) is 0 Å². The van der Waals surface area contributed by atoms with Crippen LogP contribution in [0.2, 0.25) is 0 Å². The number of carbonyl (C=O) groups excluding carboxylic acids is 1. The van der Waals surface area contributed by atoms with Gasteiger partial charge in [0.05, 0.1) is 39.1 Å². The van der Waals surface area contributed by atoms with E-state index in [1.54, 1.807) is 14.2 Å². The van der Waals surface area contributed by atoms with Gasteiger partial charge in [-0.2, -0.15) is 0 Å². The van der Waals surface area contributed by atoms with Gasteiger partial charge in [0.1, 0.15) is 5.60 Å². The van der Waals surface area contributed by atoms with Crippen LogP contribution in [0.4, 0.5) is 4.79 Å². The monoisotopic (exact) mass is 629 g/mol. The lowest BCUT2D eigenvalue weighted by Gasteiger charge is -2.33. The van der Waals surface area contributed by atoms with Crippen molar-refractivity contribution < 1.29 is 33.6 Å². The molecule has 0 aliphatic carbocycles. The summed E-state index contributed by atoms with van der Waals surface area (Å²) in [7, 11) is 3.32. The Labute approximate surface area is 272 Å². The maximum Gasteiger partial charge on any atom is 0.407 e. The minimum Gasteiger partial charge on any atom is -0.493 e. The third kappa shape index (κ3) is 14.9. The summed E-state index contributed by atoms with van der Waals surface area (Å²) >= 11 is 0. The highest BCUT2D eigenvalue weighted by Gasteiger charge is 2.31. The molecule has 8 nitrogen and oxygen atoms in total. The molecule has 2 aromatic carbocycles. The first kappa shape index (κ1) is 38.4. The highest BCUT2D eigenvalue weighted by Crippen LogP contribution is 2.32. The van der Waals surface area contributed by atoms with E-state index in [9.17, 15) is 9.90 Å². The number of aliphatic hydroxyl groups is 1. The minimum absolute atomic E-state index is 0.114. The summed E-state index contributed by atoms with van der Waals surface area (Å²) in [6, 6.07) is 15.6. The summed E-state index contributed by atoms with van der Waals surface area (Å²) in [6.07, 6.45) is 1.32. The average Bonchev–Trinajstić information content (AvgIpc) is 2.97. The molecule has 0 fully saturated rings. The van der Waals surface area contributed by atoms with Crippen molar-refractivity contribution in [2.75, 3.05) is 34.0 Å². The van der Waals surface area contributed by atoms with Gasteiger partial charge in [0.25, 0.3) is 0 Å². The Morgan fingerprint density at radius 2 is 1.56 bits per heavy atom. The summed E-state index contributed by atoms with van der Waals surface area (Å²) < 4.78 is 28.4. The molecule has 0 radical (unpaired) electrons. The van der Waals surface area contributed by atoms with Crippen LogP contribution in [0, 0.1) is 23.7 Å².